The van der Waals surface area contributed by atoms with Gasteiger partial charge in [-0.2, -0.15) is 8.78 Å². The first-order valence-electron chi connectivity index (χ1n) is 9.68. The van der Waals surface area contributed by atoms with E-state index >= 15 is 0 Å². The van der Waals surface area contributed by atoms with Crippen molar-refractivity contribution in [2.24, 2.45) is 11.1 Å². The number of methoxy groups -OCH3 is 1. The Morgan fingerprint density at radius 2 is 1.86 bits per heavy atom. The van der Waals surface area contributed by atoms with Crippen molar-refractivity contribution in [1.82, 2.24) is 4.90 Å². The van der Waals surface area contributed by atoms with E-state index in [1.807, 2.05) is 51.1 Å². The summed E-state index contributed by atoms with van der Waals surface area (Å²) < 4.78 is 36.3. The van der Waals surface area contributed by atoms with E-state index in [-0.39, 0.29) is 18.1 Å². The van der Waals surface area contributed by atoms with E-state index in [1.54, 1.807) is 19.1 Å². The maximum absolute atomic E-state index is 12.6. The number of rotatable bonds is 6. The first-order chi connectivity index (χ1) is 13.6. The fourth-order valence-electron chi connectivity index (χ4n) is 3.60. The third kappa shape index (κ3) is 6.66. The van der Waals surface area contributed by atoms with Gasteiger partial charge in [0.2, 0.25) is 0 Å². The molecule has 2 rings (SSSR count). The minimum Gasteiger partial charge on any atom is -0.444 e. The molecule has 0 bridgehead atoms. The van der Waals surface area contributed by atoms with Crippen molar-refractivity contribution < 1.29 is 27.9 Å². The molecule has 3 atom stereocenters. The number of benzene rings is 1. The fourth-order valence-corrected chi connectivity index (χ4v) is 3.60. The summed E-state index contributed by atoms with van der Waals surface area (Å²) in [5.74, 6) is -0.135. The summed E-state index contributed by atoms with van der Waals surface area (Å²) in [7, 11) is 3.27. The van der Waals surface area contributed by atoms with Crippen molar-refractivity contribution in [3.8, 4) is 0 Å². The second-order valence-electron chi connectivity index (χ2n) is 8.15. The van der Waals surface area contributed by atoms with Gasteiger partial charge in [0.25, 0.3) is 0 Å². The Hall–Kier alpha value is -2.22. The van der Waals surface area contributed by atoms with E-state index in [4.69, 9.17) is 9.47 Å². The van der Waals surface area contributed by atoms with Gasteiger partial charge in [-0.05, 0) is 45.6 Å². The highest BCUT2D eigenvalue weighted by Crippen LogP contribution is 2.33. The van der Waals surface area contributed by atoms with Gasteiger partial charge in [0.15, 0.2) is 0 Å². The van der Waals surface area contributed by atoms with Crippen LogP contribution in [0.25, 0.3) is 0 Å². The summed E-state index contributed by atoms with van der Waals surface area (Å²) in [6, 6.07) is 8.94. The Kier molecular flexibility index (Phi) is 7.96. The standard InChI is InChI=1S/C21H30F2N2O4/c1-21(2,3)28-20(26)25(4)16-12-11-15(13-17(16)27-5)18(24-29-19(22)23)14-9-7-6-8-10-14/h6-10,15-17,19H,11-13H2,1-5H3/b24-18+/t15-,16+,17?/m0/s1. The lowest BCUT2D eigenvalue weighted by molar-refractivity contribution is -0.128. The molecule has 1 aromatic rings. The lowest BCUT2D eigenvalue weighted by Gasteiger charge is -2.40. The SMILES string of the molecule is COC1C[C@@H](/C(=N/OC(F)F)c2ccccc2)CC[C@H]1N(C)C(=O)OC(C)(C)C. The van der Waals surface area contributed by atoms with Crippen LogP contribution in [0.1, 0.15) is 45.6 Å². The lowest BCUT2D eigenvalue weighted by Crippen LogP contribution is -2.50. The quantitative estimate of drug-likeness (QED) is 0.503. The van der Waals surface area contributed by atoms with Crippen LogP contribution >= 0.6 is 0 Å². The van der Waals surface area contributed by atoms with Crippen molar-refractivity contribution in [2.75, 3.05) is 14.2 Å². The summed E-state index contributed by atoms with van der Waals surface area (Å²) in [4.78, 5) is 18.3. The number of carbonyl (C=O) groups excluding carboxylic acids is 1. The summed E-state index contributed by atoms with van der Waals surface area (Å²) in [5.41, 5.74) is 0.600. The molecule has 162 valence electrons. The number of hydrogen-bond acceptors (Lipinski definition) is 5. The van der Waals surface area contributed by atoms with Crippen LogP contribution < -0.4 is 0 Å². The number of halogens is 2. The first-order valence-corrected chi connectivity index (χ1v) is 9.68. The number of likely N-dealkylation sites (N-methyl/N-ethyl adjacent to an activating group) is 1. The molecule has 8 heteroatoms. The van der Waals surface area contributed by atoms with Crippen LogP contribution in [0.2, 0.25) is 0 Å². The van der Waals surface area contributed by atoms with Crippen LogP contribution in [0.5, 0.6) is 0 Å². The third-order valence-corrected chi connectivity index (χ3v) is 4.93. The van der Waals surface area contributed by atoms with Crippen molar-refractivity contribution >= 4 is 11.8 Å². The average Bonchev–Trinajstić information content (AvgIpc) is 2.66. The Morgan fingerprint density at radius 1 is 1.21 bits per heavy atom. The number of alkyl halides is 2. The van der Waals surface area contributed by atoms with Crippen molar-refractivity contribution in [3.05, 3.63) is 35.9 Å². The average molecular weight is 412 g/mol. The first kappa shape index (κ1) is 23.1. The van der Waals surface area contributed by atoms with Crippen LogP contribution in [0.4, 0.5) is 13.6 Å². The largest absolute Gasteiger partial charge is 0.444 e. The predicted molar refractivity (Wildman–Crippen MR) is 106 cm³/mol. The molecule has 1 amide bonds. The van der Waals surface area contributed by atoms with Crippen molar-refractivity contribution in [3.63, 3.8) is 0 Å². The molecule has 6 nitrogen and oxygen atoms in total. The number of amides is 1. The molecule has 0 radical (unpaired) electrons. The zero-order valence-electron chi connectivity index (χ0n) is 17.6. The molecule has 0 N–H and O–H groups in total. The van der Waals surface area contributed by atoms with Crippen LogP contribution in [0.3, 0.4) is 0 Å². The van der Waals surface area contributed by atoms with E-state index in [1.165, 1.54) is 0 Å². The Morgan fingerprint density at radius 3 is 2.41 bits per heavy atom. The van der Waals surface area contributed by atoms with Gasteiger partial charge >= 0.3 is 12.7 Å². The van der Waals surface area contributed by atoms with Crippen LogP contribution in [-0.4, -0.2) is 55.2 Å². The molecular formula is C21H30F2N2O4. The zero-order chi connectivity index (χ0) is 21.6. The summed E-state index contributed by atoms with van der Waals surface area (Å²) in [6.07, 6.45) is 1.10. The molecule has 0 spiro atoms. The minimum atomic E-state index is -2.98. The second kappa shape index (κ2) is 10.0. The molecule has 1 aliphatic rings. The summed E-state index contributed by atoms with van der Waals surface area (Å²) >= 11 is 0. The van der Waals surface area contributed by atoms with Gasteiger partial charge in [-0.3, -0.25) is 0 Å². The molecule has 29 heavy (non-hydrogen) atoms. The minimum absolute atomic E-state index is 0.135. The van der Waals surface area contributed by atoms with Gasteiger partial charge in [0.1, 0.15) is 5.60 Å². The fraction of sp³-hybridized carbons (Fsp3) is 0.619. The van der Waals surface area contributed by atoms with Crippen LogP contribution in [-0.2, 0) is 14.3 Å². The van der Waals surface area contributed by atoms with E-state index < -0.39 is 18.3 Å². The third-order valence-electron chi connectivity index (χ3n) is 4.93. The Balaban J connectivity index is 2.17. The van der Waals surface area contributed by atoms with Crippen molar-refractivity contribution in [2.45, 2.75) is 64.4 Å². The van der Waals surface area contributed by atoms with Gasteiger partial charge in [0, 0.05) is 20.1 Å². The molecule has 0 heterocycles. The molecule has 1 unspecified atom stereocenters. The lowest BCUT2D eigenvalue weighted by atomic mass is 9.79. The molecular weight excluding hydrogens is 382 g/mol. The van der Waals surface area contributed by atoms with E-state index in [2.05, 4.69) is 9.99 Å². The van der Waals surface area contributed by atoms with E-state index in [0.717, 1.165) is 5.56 Å². The molecule has 1 aromatic carbocycles. The Labute approximate surface area is 170 Å². The summed E-state index contributed by atoms with van der Waals surface area (Å²) in [6.45, 7) is 2.46. The number of ether oxygens (including phenoxy) is 2. The Bertz CT molecular complexity index is 692. The molecule has 0 saturated heterocycles. The highest BCUT2D eigenvalue weighted by molar-refractivity contribution is 6.02. The molecule has 0 aromatic heterocycles. The maximum atomic E-state index is 12.6. The molecule has 1 saturated carbocycles. The van der Waals surface area contributed by atoms with Gasteiger partial charge in [0.05, 0.1) is 17.9 Å². The molecule has 1 aliphatic carbocycles. The van der Waals surface area contributed by atoms with Gasteiger partial charge in [-0.1, -0.05) is 35.5 Å². The molecule has 0 aliphatic heterocycles. The highest BCUT2D eigenvalue weighted by Gasteiger charge is 2.38. The second-order valence-corrected chi connectivity index (χ2v) is 8.15. The predicted octanol–water partition coefficient (Wildman–Crippen LogP) is 4.68. The van der Waals surface area contributed by atoms with Gasteiger partial charge < -0.3 is 19.2 Å². The van der Waals surface area contributed by atoms with Gasteiger partial charge in [-0.25, -0.2) is 4.79 Å². The summed E-state index contributed by atoms with van der Waals surface area (Å²) in [5, 5.41) is 3.75. The zero-order valence-corrected chi connectivity index (χ0v) is 17.6. The highest BCUT2D eigenvalue weighted by atomic mass is 19.3. The monoisotopic (exact) mass is 412 g/mol. The van der Waals surface area contributed by atoms with Gasteiger partial charge in [-0.15, -0.1) is 0 Å². The van der Waals surface area contributed by atoms with E-state index in [0.29, 0.717) is 25.0 Å². The molecule has 1 fully saturated rings. The van der Waals surface area contributed by atoms with Crippen molar-refractivity contribution in [1.29, 1.82) is 0 Å². The van der Waals surface area contributed by atoms with Crippen LogP contribution in [0, 0.1) is 5.92 Å². The van der Waals surface area contributed by atoms with Crippen LogP contribution in [0.15, 0.2) is 35.5 Å². The number of hydrogen-bond donors (Lipinski definition) is 0. The maximum Gasteiger partial charge on any atom is 0.410 e. The number of nitrogens with zero attached hydrogens (tertiary/aromatic N) is 2. The van der Waals surface area contributed by atoms with E-state index in [9.17, 15) is 13.6 Å². The topological polar surface area (TPSA) is 60.4 Å². The smallest absolute Gasteiger partial charge is 0.410 e. The number of oxime groups is 1. The number of carbonyl (C=O) groups is 1. The normalized spacial score (nSPS) is 23.0.